The third kappa shape index (κ3) is 5.68. The van der Waals surface area contributed by atoms with Crippen molar-refractivity contribution in [3.8, 4) is 0 Å². The van der Waals surface area contributed by atoms with E-state index in [1.165, 1.54) is 19.3 Å². The Kier molecular flexibility index (Phi) is 12.0. The van der Waals surface area contributed by atoms with Gasteiger partial charge < -0.3 is 19.7 Å². The van der Waals surface area contributed by atoms with Crippen LogP contribution >= 0.6 is 0 Å². The van der Waals surface area contributed by atoms with Crippen LogP contribution in [0.15, 0.2) is 0 Å². The molecule has 0 amide bonds. The molecular formula is C16H26Na2O6. The van der Waals surface area contributed by atoms with Crippen molar-refractivity contribution < 1.29 is 29.3 Å². The summed E-state index contributed by atoms with van der Waals surface area (Å²) in [4.78, 5) is 22.9. The SMILES string of the molecule is CCCCCCCOC[C@@]12CC[C@@H](O1)C(C(=O)O)C2C(=O)O.[Na].[Na]. The molecule has 2 aliphatic heterocycles. The van der Waals surface area contributed by atoms with Gasteiger partial charge in [0.1, 0.15) is 11.5 Å². The van der Waals surface area contributed by atoms with Gasteiger partial charge in [0, 0.05) is 65.7 Å². The first-order valence-corrected chi connectivity index (χ1v) is 8.23. The maximum absolute atomic E-state index is 11.5. The molecule has 2 rings (SSSR count). The van der Waals surface area contributed by atoms with Crippen LogP contribution in [0.2, 0.25) is 0 Å². The minimum atomic E-state index is -1.10. The first-order chi connectivity index (χ1) is 10.5. The Bertz CT molecular complexity index is 419. The second-order valence-electron chi connectivity index (χ2n) is 6.41. The van der Waals surface area contributed by atoms with Gasteiger partial charge in [0.05, 0.1) is 18.6 Å². The maximum atomic E-state index is 11.5. The van der Waals surface area contributed by atoms with Crippen molar-refractivity contribution in [2.24, 2.45) is 11.8 Å². The molecule has 2 fully saturated rings. The van der Waals surface area contributed by atoms with Crippen LogP contribution in [0.3, 0.4) is 0 Å². The van der Waals surface area contributed by atoms with Crippen molar-refractivity contribution in [2.45, 2.75) is 63.6 Å². The normalized spacial score (nSPS) is 30.5. The first-order valence-electron chi connectivity index (χ1n) is 8.23. The van der Waals surface area contributed by atoms with E-state index in [0.29, 0.717) is 19.4 Å². The van der Waals surface area contributed by atoms with Crippen molar-refractivity contribution in [3.05, 3.63) is 0 Å². The molecule has 0 aromatic carbocycles. The smallest absolute Gasteiger partial charge is 0.310 e. The van der Waals surface area contributed by atoms with Gasteiger partial charge in [0.2, 0.25) is 0 Å². The van der Waals surface area contributed by atoms with Crippen LogP contribution in [0.5, 0.6) is 0 Å². The molecule has 2 radical (unpaired) electrons. The van der Waals surface area contributed by atoms with Crippen LogP contribution in [0.1, 0.15) is 51.9 Å². The summed E-state index contributed by atoms with van der Waals surface area (Å²) in [5, 5.41) is 18.7. The largest absolute Gasteiger partial charge is 0.481 e. The number of carboxylic acids is 2. The third-order valence-corrected chi connectivity index (χ3v) is 4.85. The summed E-state index contributed by atoms with van der Waals surface area (Å²) < 4.78 is 11.4. The molecule has 2 unspecified atom stereocenters. The summed E-state index contributed by atoms with van der Waals surface area (Å²) in [6.45, 7) is 2.91. The average Bonchev–Trinajstić information content (AvgIpc) is 3.02. The monoisotopic (exact) mass is 360 g/mol. The topological polar surface area (TPSA) is 93.1 Å². The number of fused-ring (bicyclic) bond motifs is 2. The maximum Gasteiger partial charge on any atom is 0.310 e. The van der Waals surface area contributed by atoms with Gasteiger partial charge in [-0.25, -0.2) is 0 Å². The molecular weight excluding hydrogens is 334 g/mol. The van der Waals surface area contributed by atoms with E-state index in [0.717, 1.165) is 12.8 Å². The number of aliphatic carboxylic acids is 2. The molecule has 2 bridgehead atoms. The summed E-state index contributed by atoms with van der Waals surface area (Å²) in [5.74, 6) is -4.15. The van der Waals surface area contributed by atoms with Crippen molar-refractivity contribution in [2.75, 3.05) is 13.2 Å². The molecule has 2 heterocycles. The number of hydrogen-bond acceptors (Lipinski definition) is 4. The standard InChI is InChI=1S/C16H26O6.2Na/c1-2-3-4-5-6-9-21-10-16-8-7-11(22-16)12(14(17)18)13(16)15(19)20;;/h11-13H,2-10H2,1H3,(H,17,18)(H,19,20);;/t11-,12?,13?,16-;;/m1../s1. The van der Waals surface area contributed by atoms with Gasteiger partial charge in [0.15, 0.2) is 0 Å². The Morgan fingerprint density at radius 2 is 1.79 bits per heavy atom. The van der Waals surface area contributed by atoms with Crippen LogP contribution in [0.4, 0.5) is 0 Å². The van der Waals surface area contributed by atoms with E-state index in [4.69, 9.17) is 9.47 Å². The summed E-state index contributed by atoms with van der Waals surface area (Å²) in [7, 11) is 0. The first kappa shape index (κ1) is 24.9. The summed E-state index contributed by atoms with van der Waals surface area (Å²) >= 11 is 0. The molecule has 0 aliphatic carbocycles. The van der Waals surface area contributed by atoms with Crippen LogP contribution in [-0.2, 0) is 19.1 Å². The number of carboxylic acid groups (broad SMARTS) is 2. The van der Waals surface area contributed by atoms with E-state index < -0.39 is 35.5 Å². The van der Waals surface area contributed by atoms with E-state index in [9.17, 15) is 19.8 Å². The van der Waals surface area contributed by atoms with E-state index in [-0.39, 0.29) is 65.7 Å². The van der Waals surface area contributed by atoms with E-state index in [1.54, 1.807) is 0 Å². The molecule has 2 aliphatic rings. The van der Waals surface area contributed by atoms with Crippen LogP contribution in [0.25, 0.3) is 0 Å². The zero-order valence-electron chi connectivity index (χ0n) is 15.1. The molecule has 0 aromatic rings. The molecule has 0 aromatic heterocycles. The predicted octanol–water partition coefficient (Wildman–Crippen LogP) is 1.54. The van der Waals surface area contributed by atoms with Crippen LogP contribution in [-0.4, -0.2) is 106 Å². The molecule has 24 heavy (non-hydrogen) atoms. The molecule has 0 saturated carbocycles. The Morgan fingerprint density at radius 3 is 2.38 bits per heavy atom. The fourth-order valence-corrected chi connectivity index (χ4v) is 3.76. The molecule has 2 N–H and O–H groups in total. The van der Waals surface area contributed by atoms with Crippen molar-refractivity contribution in [1.82, 2.24) is 0 Å². The number of ether oxygens (including phenoxy) is 2. The molecule has 4 atom stereocenters. The zero-order valence-corrected chi connectivity index (χ0v) is 19.1. The second kappa shape index (κ2) is 11.5. The molecule has 2 saturated heterocycles. The molecule has 0 spiro atoms. The van der Waals surface area contributed by atoms with Crippen LogP contribution < -0.4 is 0 Å². The number of hydrogen-bond donors (Lipinski definition) is 2. The Hall–Kier alpha value is 0.860. The second-order valence-corrected chi connectivity index (χ2v) is 6.41. The zero-order chi connectivity index (χ0) is 16.2. The van der Waals surface area contributed by atoms with Gasteiger partial charge in [0.25, 0.3) is 0 Å². The van der Waals surface area contributed by atoms with Crippen molar-refractivity contribution in [3.63, 3.8) is 0 Å². The average molecular weight is 360 g/mol. The summed E-state index contributed by atoms with van der Waals surface area (Å²) in [5.41, 5.74) is -0.955. The van der Waals surface area contributed by atoms with Gasteiger partial charge in [-0.1, -0.05) is 32.6 Å². The minimum Gasteiger partial charge on any atom is -0.481 e. The number of carbonyl (C=O) groups is 2. The van der Waals surface area contributed by atoms with Crippen molar-refractivity contribution in [1.29, 1.82) is 0 Å². The fourth-order valence-electron chi connectivity index (χ4n) is 3.76. The predicted molar refractivity (Wildman–Crippen MR) is 90.2 cm³/mol. The van der Waals surface area contributed by atoms with E-state index >= 15 is 0 Å². The Labute approximate surface area is 187 Å². The van der Waals surface area contributed by atoms with Gasteiger partial charge in [-0.05, 0) is 19.3 Å². The number of rotatable bonds is 10. The van der Waals surface area contributed by atoms with E-state index in [1.807, 2.05) is 0 Å². The third-order valence-electron chi connectivity index (χ3n) is 4.85. The Balaban J connectivity index is 0.00000264. The molecule has 128 valence electrons. The summed E-state index contributed by atoms with van der Waals surface area (Å²) in [6, 6.07) is 0. The van der Waals surface area contributed by atoms with Gasteiger partial charge in [-0.15, -0.1) is 0 Å². The molecule has 6 nitrogen and oxygen atoms in total. The number of unbranched alkanes of at least 4 members (excludes halogenated alkanes) is 4. The Morgan fingerprint density at radius 1 is 1.12 bits per heavy atom. The van der Waals surface area contributed by atoms with Crippen LogP contribution in [0, 0.1) is 11.8 Å². The van der Waals surface area contributed by atoms with E-state index in [2.05, 4.69) is 6.92 Å². The quantitative estimate of drug-likeness (QED) is 0.454. The molecule has 8 heteroatoms. The van der Waals surface area contributed by atoms with Crippen molar-refractivity contribution >= 4 is 71.1 Å². The van der Waals surface area contributed by atoms with Gasteiger partial charge in [-0.2, -0.15) is 0 Å². The summed E-state index contributed by atoms with van der Waals surface area (Å²) in [6.07, 6.45) is 6.31. The minimum absolute atomic E-state index is 0. The fraction of sp³-hybridized carbons (Fsp3) is 0.875. The van der Waals surface area contributed by atoms with Gasteiger partial charge in [-0.3, -0.25) is 9.59 Å². The van der Waals surface area contributed by atoms with Gasteiger partial charge >= 0.3 is 11.9 Å².